The quantitative estimate of drug-likeness (QED) is 0.527. The average molecular weight is 437 g/mol. The van der Waals surface area contributed by atoms with Crippen LogP contribution in [0.15, 0.2) is 47.6 Å². The third-order valence-electron chi connectivity index (χ3n) is 3.92. The number of anilines is 1. The van der Waals surface area contributed by atoms with Gasteiger partial charge in [0.05, 0.1) is 23.6 Å². The molecule has 1 amide bonds. The minimum absolute atomic E-state index is 0.170. The Bertz CT molecular complexity index is 977. The molecule has 0 aliphatic heterocycles. The van der Waals surface area contributed by atoms with E-state index in [4.69, 9.17) is 27.9 Å². The predicted molar refractivity (Wildman–Crippen MR) is 113 cm³/mol. The minimum Gasteiger partial charge on any atom is -0.497 e. The monoisotopic (exact) mass is 436 g/mol. The largest absolute Gasteiger partial charge is 0.497 e. The summed E-state index contributed by atoms with van der Waals surface area (Å²) in [5.74, 6) is 1.48. The summed E-state index contributed by atoms with van der Waals surface area (Å²) in [7, 11) is 1.62. The zero-order valence-corrected chi connectivity index (χ0v) is 17.6. The number of hydrogen-bond donors (Lipinski definition) is 1. The molecule has 28 heavy (non-hydrogen) atoms. The number of rotatable bonds is 7. The maximum absolute atomic E-state index is 12.3. The highest BCUT2D eigenvalue weighted by molar-refractivity contribution is 7.99. The molecule has 0 spiro atoms. The summed E-state index contributed by atoms with van der Waals surface area (Å²) in [6.07, 6.45) is 0. The third kappa shape index (κ3) is 4.79. The SMILES string of the molecule is CCn1c(SCC(=O)Nc2cc(Cl)ccc2Cl)nnc1-c1ccc(OC)cc1. The van der Waals surface area contributed by atoms with Crippen molar-refractivity contribution in [2.24, 2.45) is 0 Å². The first-order valence-corrected chi connectivity index (χ1v) is 10.2. The number of nitrogens with one attached hydrogen (secondary N) is 1. The van der Waals surface area contributed by atoms with E-state index < -0.39 is 0 Å². The van der Waals surface area contributed by atoms with Crippen molar-refractivity contribution in [2.45, 2.75) is 18.6 Å². The standard InChI is InChI=1S/C19H18Cl2N4O2S/c1-3-25-18(12-4-7-14(27-2)8-5-12)23-24-19(25)28-11-17(26)22-16-10-13(20)6-9-15(16)21/h4-10H,3,11H2,1-2H3,(H,22,26). The molecule has 1 N–H and O–H groups in total. The first kappa shape index (κ1) is 20.5. The van der Waals surface area contributed by atoms with Gasteiger partial charge in [0.2, 0.25) is 5.91 Å². The maximum Gasteiger partial charge on any atom is 0.234 e. The van der Waals surface area contributed by atoms with E-state index in [-0.39, 0.29) is 11.7 Å². The van der Waals surface area contributed by atoms with Gasteiger partial charge in [-0.05, 0) is 49.4 Å². The van der Waals surface area contributed by atoms with Crippen molar-refractivity contribution in [3.8, 4) is 17.1 Å². The molecule has 0 radical (unpaired) electrons. The van der Waals surface area contributed by atoms with Crippen LogP contribution in [0.5, 0.6) is 5.75 Å². The van der Waals surface area contributed by atoms with E-state index in [1.807, 2.05) is 35.8 Å². The Kier molecular flexibility index (Phi) is 6.83. The summed E-state index contributed by atoms with van der Waals surface area (Å²) in [5, 5.41) is 12.9. The number of hydrogen-bond acceptors (Lipinski definition) is 5. The topological polar surface area (TPSA) is 69.0 Å². The highest BCUT2D eigenvalue weighted by Gasteiger charge is 2.15. The Balaban J connectivity index is 1.69. The molecule has 1 heterocycles. The van der Waals surface area contributed by atoms with Crippen LogP contribution < -0.4 is 10.1 Å². The number of carbonyl (C=O) groups excluding carboxylic acids is 1. The van der Waals surface area contributed by atoms with Crippen LogP contribution in [-0.2, 0) is 11.3 Å². The molecule has 1 aromatic heterocycles. The van der Waals surface area contributed by atoms with Gasteiger partial charge < -0.3 is 14.6 Å². The van der Waals surface area contributed by atoms with Crippen molar-refractivity contribution in [3.05, 3.63) is 52.5 Å². The van der Waals surface area contributed by atoms with E-state index in [1.165, 1.54) is 11.8 Å². The molecular weight excluding hydrogens is 419 g/mol. The fourth-order valence-corrected chi connectivity index (χ4v) is 3.68. The van der Waals surface area contributed by atoms with Crippen LogP contribution in [0.2, 0.25) is 10.0 Å². The first-order valence-electron chi connectivity index (χ1n) is 8.47. The van der Waals surface area contributed by atoms with Crippen molar-refractivity contribution in [1.29, 1.82) is 0 Å². The number of benzene rings is 2. The van der Waals surface area contributed by atoms with Gasteiger partial charge >= 0.3 is 0 Å². The lowest BCUT2D eigenvalue weighted by Crippen LogP contribution is -2.15. The molecule has 0 aliphatic carbocycles. The van der Waals surface area contributed by atoms with Crippen LogP contribution in [0, 0.1) is 0 Å². The first-order chi connectivity index (χ1) is 13.5. The van der Waals surface area contributed by atoms with Crippen LogP contribution in [-0.4, -0.2) is 33.5 Å². The fourth-order valence-electron chi connectivity index (χ4n) is 2.54. The zero-order chi connectivity index (χ0) is 20.1. The number of halogens is 2. The Labute approximate surface area is 177 Å². The Hall–Kier alpha value is -2.22. The number of nitrogens with zero attached hydrogens (tertiary/aromatic N) is 3. The molecule has 0 atom stereocenters. The highest BCUT2D eigenvalue weighted by Crippen LogP contribution is 2.27. The Morgan fingerprint density at radius 2 is 1.93 bits per heavy atom. The Morgan fingerprint density at radius 1 is 1.18 bits per heavy atom. The molecule has 146 valence electrons. The second-order valence-electron chi connectivity index (χ2n) is 5.74. The van der Waals surface area contributed by atoms with Gasteiger partial charge in [0.1, 0.15) is 5.75 Å². The lowest BCUT2D eigenvalue weighted by atomic mass is 10.2. The summed E-state index contributed by atoms with van der Waals surface area (Å²) in [4.78, 5) is 12.3. The molecule has 0 aliphatic rings. The van der Waals surface area contributed by atoms with Gasteiger partial charge in [0.15, 0.2) is 11.0 Å². The molecule has 9 heteroatoms. The Morgan fingerprint density at radius 3 is 2.61 bits per heavy atom. The van der Waals surface area contributed by atoms with E-state index in [1.54, 1.807) is 25.3 Å². The number of amides is 1. The summed E-state index contributed by atoms with van der Waals surface area (Å²) >= 11 is 13.3. The van der Waals surface area contributed by atoms with Crippen LogP contribution in [0.4, 0.5) is 5.69 Å². The van der Waals surface area contributed by atoms with Crippen molar-refractivity contribution >= 4 is 46.6 Å². The third-order valence-corrected chi connectivity index (χ3v) is 5.45. The molecule has 3 aromatic rings. The molecule has 0 unspecified atom stereocenters. The molecule has 0 saturated carbocycles. The second-order valence-corrected chi connectivity index (χ2v) is 7.53. The number of aromatic nitrogens is 3. The molecule has 6 nitrogen and oxygen atoms in total. The van der Waals surface area contributed by atoms with E-state index in [9.17, 15) is 4.79 Å². The highest BCUT2D eigenvalue weighted by atomic mass is 35.5. The van der Waals surface area contributed by atoms with Crippen LogP contribution in [0.3, 0.4) is 0 Å². The molecule has 2 aromatic carbocycles. The van der Waals surface area contributed by atoms with Crippen molar-refractivity contribution in [3.63, 3.8) is 0 Å². The van der Waals surface area contributed by atoms with E-state index in [0.717, 1.165) is 17.1 Å². The van der Waals surface area contributed by atoms with Crippen LogP contribution >= 0.6 is 35.0 Å². The molecule has 0 fully saturated rings. The average Bonchev–Trinajstić information content (AvgIpc) is 3.12. The molecular formula is C19H18Cl2N4O2S. The number of carbonyl (C=O) groups is 1. The zero-order valence-electron chi connectivity index (χ0n) is 15.3. The lowest BCUT2D eigenvalue weighted by molar-refractivity contribution is -0.113. The van der Waals surface area contributed by atoms with Crippen LogP contribution in [0.1, 0.15) is 6.92 Å². The van der Waals surface area contributed by atoms with Gasteiger partial charge in [0, 0.05) is 17.1 Å². The van der Waals surface area contributed by atoms with Gasteiger partial charge in [0.25, 0.3) is 0 Å². The number of methoxy groups -OCH3 is 1. The van der Waals surface area contributed by atoms with Gasteiger partial charge in [-0.15, -0.1) is 10.2 Å². The van der Waals surface area contributed by atoms with E-state index >= 15 is 0 Å². The lowest BCUT2D eigenvalue weighted by Gasteiger charge is -2.09. The second kappa shape index (κ2) is 9.32. The van der Waals surface area contributed by atoms with Gasteiger partial charge in [-0.3, -0.25) is 4.79 Å². The summed E-state index contributed by atoms with van der Waals surface area (Å²) in [5.41, 5.74) is 1.41. The van der Waals surface area contributed by atoms with Crippen molar-refractivity contribution in [2.75, 3.05) is 18.2 Å². The summed E-state index contributed by atoms with van der Waals surface area (Å²) < 4.78 is 7.15. The van der Waals surface area contributed by atoms with Crippen molar-refractivity contribution in [1.82, 2.24) is 14.8 Å². The predicted octanol–water partition coefficient (Wildman–Crippen LogP) is 5.01. The molecule has 0 saturated heterocycles. The minimum atomic E-state index is -0.203. The summed E-state index contributed by atoms with van der Waals surface area (Å²) in [6, 6.07) is 12.5. The van der Waals surface area contributed by atoms with Crippen molar-refractivity contribution < 1.29 is 9.53 Å². The number of ether oxygens (including phenoxy) is 1. The normalized spacial score (nSPS) is 10.7. The maximum atomic E-state index is 12.3. The molecule has 3 rings (SSSR count). The van der Waals surface area contributed by atoms with Crippen LogP contribution in [0.25, 0.3) is 11.4 Å². The van der Waals surface area contributed by atoms with Gasteiger partial charge in [-0.25, -0.2) is 0 Å². The van der Waals surface area contributed by atoms with Gasteiger partial charge in [-0.1, -0.05) is 35.0 Å². The van der Waals surface area contributed by atoms with E-state index in [2.05, 4.69) is 15.5 Å². The molecule has 0 bridgehead atoms. The summed E-state index contributed by atoms with van der Waals surface area (Å²) in [6.45, 7) is 2.69. The fraction of sp³-hybridized carbons (Fsp3) is 0.211. The smallest absolute Gasteiger partial charge is 0.234 e. The van der Waals surface area contributed by atoms with Gasteiger partial charge in [-0.2, -0.15) is 0 Å². The number of thioether (sulfide) groups is 1. The van der Waals surface area contributed by atoms with E-state index in [0.29, 0.717) is 27.4 Å².